The van der Waals surface area contributed by atoms with Crippen LogP contribution in [0.4, 0.5) is 0 Å². The number of hydrogen-bond donors (Lipinski definition) is 1. The molecule has 5 heteroatoms. The van der Waals surface area contributed by atoms with Gasteiger partial charge in [-0.2, -0.15) is 0 Å². The predicted molar refractivity (Wildman–Crippen MR) is 68.5 cm³/mol. The summed E-state index contributed by atoms with van der Waals surface area (Å²) in [5, 5.41) is 0. The van der Waals surface area contributed by atoms with E-state index in [0.29, 0.717) is 18.1 Å². The molecule has 1 aromatic heterocycles. The number of aromatic nitrogens is 2. The summed E-state index contributed by atoms with van der Waals surface area (Å²) in [6, 6.07) is 5.52. The van der Waals surface area contributed by atoms with Gasteiger partial charge in [0.25, 0.3) is 0 Å². The van der Waals surface area contributed by atoms with Crippen molar-refractivity contribution in [2.45, 2.75) is 6.54 Å². The first-order valence-corrected chi connectivity index (χ1v) is 5.52. The molecular formula is C13H15N3O2. The Morgan fingerprint density at radius 2 is 1.83 bits per heavy atom. The minimum atomic E-state index is 0.431. The van der Waals surface area contributed by atoms with Crippen LogP contribution in [0.2, 0.25) is 0 Å². The van der Waals surface area contributed by atoms with Crippen molar-refractivity contribution >= 4 is 0 Å². The maximum atomic E-state index is 5.51. The van der Waals surface area contributed by atoms with Crippen molar-refractivity contribution < 1.29 is 9.47 Å². The molecule has 0 bridgehead atoms. The Labute approximate surface area is 106 Å². The van der Waals surface area contributed by atoms with E-state index in [0.717, 1.165) is 16.9 Å². The third kappa shape index (κ3) is 2.41. The lowest BCUT2D eigenvalue weighted by molar-refractivity contribution is 0.395. The van der Waals surface area contributed by atoms with Gasteiger partial charge in [-0.15, -0.1) is 0 Å². The number of rotatable bonds is 4. The number of nitrogens with two attached hydrogens (primary N) is 1. The van der Waals surface area contributed by atoms with Crippen LogP contribution in [0.25, 0.3) is 11.4 Å². The second kappa shape index (κ2) is 5.46. The molecule has 0 radical (unpaired) electrons. The fraction of sp³-hybridized carbons (Fsp3) is 0.231. The maximum Gasteiger partial charge on any atom is 0.162 e. The molecule has 0 aliphatic heterocycles. The summed E-state index contributed by atoms with van der Waals surface area (Å²) >= 11 is 0. The fourth-order valence-corrected chi connectivity index (χ4v) is 1.58. The summed E-state index contributed by atoms with van der Waals surface area (Å²) in [6.07, 6.45) is 3.43. The van der Waals surface area contributed by atoms with E-state index in [1.165, 1.54) is 0 Å². The molecule has 0 spiro atoms. The highest BCUT2D eigenvalue weighted by Gasteiger charge is 2.09. The molecule has 0 amide bonds. The zero-order valence-electron chi connectivity index (χ0n) is 10.4. The first-order chi connectivity index (χ1) is 8.78. The highest BCUT2D eigenvalue weighted by Crippen LogP contribution is 2.30. The molecule has 1 aromatic carbocycles. The van der Waals surface area contributed by atoms with Crippen LogP contribution in [0.3, 0.4) is 0 Å². The highest BCUT2D eigenvalue weighted by atomic mass is 16.5. The lowest BCUT2D eigenvalue weighted by Gasteiger charge is -2.09. The fourth-order valence-electron chi connectivity index (χ4n) is 1.58. The molecular weight excluding hydrogens is 230 g/mol. The van der Waals surface area contributed by atoms with Crippen molar-refractivity contribution in [2.24, 2.45) is 5.73 Å². The first-order valence-electron chi connectivity index (χ1n) is 5.52. The normalized spacial score (nSPS) is 10.2. The molecule has 2 rings (SSSR count). The second-order valence-corrected chi connectivity index (χ2v) is 3.69. The summed E-state index contributed by atoms with van der Waals surface area (Å²) in [7, 11) is 3.22. The van der Waals surface area contributed by atoms with Gasteiger partial charge in [-0.05, 0) is 12.1 Å². The van der Waals surface area contributed by atoms with Crippen LogP contribution in [-0.2, 0) is 6.54 Å². The topological polar surface area (TPSA) is 70.3 Å². The lowest BCUT2D eigenvalue weighted by Crippen LogP contribution is -2.00. The largest absolute Gasteiger partial charge is 0.497 e. The van der Waals surface area contributed by atoms with E-state index in [4.69, 9.17) is 15.2 Å². The zero-order valence-corrected chi connectivity index (χ0v) is 10.4. The van der Waals surface area contributed by atoms with Crippen LogP contribution >= 0.6 is 0 Å². The molecule has 0 saturated heterocycles. The maximum absolute atomic E-state index is 5.51. The number of benzene rings is 1. The monoisotopic (exact) mass is 245 g/mol. The summed E-state index contributed by atoms with van der Waals surface area (Å²) in [4.78, 5) is 8.54. The Kier molecular flexibility index (Phi) is 3.74. The van der Waals surface area contributed by atoms with Crippen molar-refractivity contribution in [3.63, 3.8) is 0 Å². The van der Waals surface area contributed by atoms with Gasteiger partial charge < -0.3 is 15.2 Å². The van der Waals surface area contributed by atoms with Gasteiger partial charge >= 0.3 is 0 Å². The van der Waals surface area contributed by atoms with E-state index in [9.17, 15) is 0 Å². The molecule has 0 atom stereocenters. The van der Waals surface area contributed by atoms with Crippen molar-refractivity contribution in [1.29, 1.82) is 0 Å². The first kappa shape index (κ1) is 12.3. The van der Waals surface area contributed by atoms with Crippen LogP contribution < -0.4 is 15.2 Å². The van der Waals surface area contributed by atoms with Crippen LogP contribution in [-0.4, -0.2) is 24.2 Å². The van der Waals surface area contributed by atoms with Crippen LogP contribution in [0, 0.1) is 0 Å². The smallest absolute Gasteiger partial charge is 0.162 e. The van der Waals surface area contributed by atoms with E-state index in [2.05, 4.69) is 9.97 Å². The van der Waals surface area contributed by atoms with Gasteiger partial charge in [-0.3, -0.25) is 0 Å². The van der Waals surface area contributed by atoms with Gasteiger partial charge in [-0.1, -0.05) is 0 Å². The van der Waals surface area contributed by atoms with Gasteiger partial charge in [0.05, 0.1) is 19.8 Å². The minimum absolute atomic E-state index is 0.431. The highest BCUT2D eigenvalue weighted by molar-refractivity contribution is 5.65. The molecule has 1 heterocycles. The van der Waals surface area contributed by atoms with Gasteiger partial charge in [0.2, 0.25) is 0 Å². The minimum Gasteiger partial charge on any atom is -0.497 e. The third-order valence-corrected chi connectivity index (χ3v) is 2.59. The molecule has 2 aromatic rings. The molecule has 0 aliphatic rings. The van der Waals surface area contributed by atoms with E-state index < -0.39 is 0 Å². The Hall–Kier alpha value is -2.14. The SMILES string of the molecule is COc1ccc(-c2ncc(CN)cn2)c(OC)c1. The number of hydrogen-bond acceptors (Lipinski definition) is 5. The summed E-state index contributed by atoms with van der Waals surface area (Å²) < 4.78 is 10.5. The van der Waals surface area contributed by atoms with Gasteiger partial charge in [0.15, 0.2) is 5.82 Å². The molecule has 0 fully saturated rings. The lowest BCUT2D eigenvalue weighted by atomic mass is 10.1. The summed E-state index contributed by atoms with van der Waals surface area (Å²) in [6.45, 7) is 0.431. The molecule has 0 unspecified atom stereocenters. The summed E-state index contributed by atoms with van der Waals surface area (Å²) in [5.41, 5.74) is 7.23. The van der Waals surface area contributed by atoms with E-state index in [1.807, 2.05) is 12.1 Å². The predicted octanol–water partition coefficient (Wildman–Crippen LogP) is 1.62. The molecule has 5 nitrogen and oxygen atoms in total. The molecule has 18 heavy (non-hydrogen) atoms. The van der Waals surface area contributed by atoms with Gasteiger partial charge in [0, 0.05) is 30.6 Å². The summed E-state index contributed by atoms with van der Waals surface area (Å²) in [5.74, 6) is 2.01. The van der Waals surface area contributed by atoms with Crippen LogP contribution in [0.1, 0.15) is 5.56 Å². The van der Waals surface area contributed by atoms with E-state index in [-0.39, 0.29) is 0 Å². The second-order valence-electron chi connectivity index (χ2n) is 3.69. The molecule has 0 saturated carbocycles. The average molecular weight is 245 g/mol. The molecule has 0 aliphatic carbocycles. The number of methoxy groups -OCH3 is 2. The Morgan fingerprint density at radius 3 is 2.39 bits per heavy atom. The van der Waals surface area contributed by atoms with Crippen LogP contribution in [0.15, 0.2) is 30.6 Å². The standard InChI is InChI=1S/C13H15N3O2/c1-17-10-3-4-11(12(5-10)18-2)13-15-7-9(6-14)8-16-13/h3-5,7-8H,6,14H2,1-2H3. The average Bonchev–Trinajstić information content (AvgIpc) is 2.46. The number of ether oxygens (including phenoxy) is 2. The quantitative estimate of drug-likeness (QED) is 0.886. The zero-order chi connectivity index (χ0) is 13.0. The van der Waals surface area contributed by atoms with E-state index >= 15 is 0 Å². The van der Waals surface area contributed by atoms with Crippen molar-refractivity contribution in [3.05, 3.63) is 36.2 Å². The van der Waals surface area contributed by atoms with Crippen LogP contribution in [0.5, 0.6) is 11.5 Å². The Balaban J connectivity index is 2.42. The molecule has 94 valence electrons. The van der Waals surface area contributed by atoms with Gasteiger partial charge in [0.1, 0.15) is 11.5 Å². The number of nitrogens with zero attached hydrogens (tertiary/aromatic N) is 2. The van der Waals surface area contributed by atoms with Crippen molar-refractivity contribution in [2.75, 3.05) is 14.2 Å². The molecule has 2 N–H and O–H groups in total. The van der Waals surface area contributed by atoms with Crippen molar-refractivity contribution in [3.8, 4) is 22.9 Å². The third-order valence-electron chi connectivity index (χ3n) is 2.59. The Morgan fingerprint density at radius 1 is 1.11 bits per heavy atom. The van der Waals surface area contributed by atoms with E-state index in [1.54, 1.807) is 32.7 Å². The van der Waals surface area contributed by atoms with Gasteiger partial charge in [-0.25, -0.2) is 9.97 Å². The Bertz CT molecular complexity index is 526. The van der Waals surface area contributed by atoms with Crippen molar-refractivity contribution in [1.82, 2.24) is 9.97 Å².